The lowest BCUT2D eigenvalue weighted by Gasteiger charge is -2.37. The fraction of sp³-hybridized carbons (Fsp3) is 0.280. The zero-order valence-corrected chi connectivity index (χ0v) is 18.5. The van der Waals surface area contributed by atoms with Crippen molar-refractivity contribution in [1.82, 2.24) is 15.1 Å². The number of thiophene rings is 1. The molecule has 6 nitrogen and oxygen atoms in total. The van der Waals surface area contributed by atoms with Gasteiger partial charge < -0.3 is 15.0 Å². The van der Waals surface area contributed by atoms with E-state index in [9.17, 15) is 9.59 Å². The molecule has 32 heavy (non-hydrogen) atoms. The van der Waals surface area contributed by atoms with Crippen LogP contribution in [0.1, 0.15) is 27.4 Å². The molecule has 0 atom stereocenters. The van der Waals surface area contributed by atoms with Crippen LogP contribution in [0.3, 0.4) is 0 Å². The summed E-state index contributed by atoms with van der Waals surface area (Å²) in [7, 11) is 0. The van der Waals surface area contributed by atoms with Gasteiger partial charge in [-0.25, -0.2) is 0 Å². The van der Waals surface area contributed by atoms with Gasteiger partial charge in [0.2, 0.25) is 5.91 Å². The predicted molar refractivity (Wildman–Crippen MR) is 124 cm³/mol. The molecule has 0 radical (unpaired) electrons. The van der Waals surface area contributed by atoms with E-state index in [-0.39, 0.29) is 17.7 Å². The Bertz CT molecular complexity index is 1060. The summed E-state index contributed by atoms with van der Waals surface area (Å²) in [4.78, 5) is 30.0. The first kappa shape index (κ1) is 20.7. The van der Waals surface area contributed by atoms with E-state index < -0.39 is 0 Å². The monoisotopic (exact) mass is 447 g/mol. The van der Waals surface area contributed by atoms with Gasteiger partial charge in [0.25, 0.3) is 5.91 Å². The minimum Gasteiger partial charge on any atom is -0.457 e. The minimum absolute atomic E-state index is 0.0306. The SMILES string of the molecule is O=C(NCCN1CCN(C(=O)C2c3ccccc3Oc3ccccc32)CC1)c1ccsc1. The van der Waals surface area contributed by atoms with Crippen LogP contribution in [-0.2, 0) is 4.79 Å². The number of rotatable bonds is 5. The Balaban J connectivity index is 1.20. The van der Waals surface area contributed by atoms with Crippen molar-refractivity contribution in [2.45, 2.75) is 5.92 Å². The molecule has 164 valence electrons. The lowest BCUT2D eigenvalue weighted by Crippen LogP contribution is -2.51. The fourth-order valence-corrected chi connectivity index (χ4v) is 5.01. The van der Waals surface area contributed by atoms with Gasteiger partial charge in [-0.1, -0.05) is 36.4 Å². The molecule has 7 heteroatoms. The summed E-state index contributed by atoms with van der Waals surface area (Å²) in [5, 5.41) is 6.73. The smallest absolute Gasteiger partial charge is 0.252 e. The molecule has 0 spiro atoms. The van der Waals surface area contributed by atoms with Crippen molar-refractivity contribution < 1.29 is 14.3 Å². The van der Waals surface area contributed by atoms with Crippen LogP contribution in [-0.4, -0.2) is 60.9 Å². The van der Waals surface area contributed by atoms with Crippen molar-refractivity contribution in [3.05, 3.63) is 82.0 Å². The van der Waals surface area contributed by atoms with Crippen LogP contribution >= 0.6 is 11.3 Å². The number of para-hydroxylation sites is 2. The highest BCUT2D eigenvalue weighted by Gasteiger charge is 2.36. The Hall–Kier alpha value is -3.16. The van der Waals surface area contributed by atoms with E-state index >= 15 is 0 Å². The molecule has 2 amide bonds. The number of nitrogens with zero attached hydrogens (tertiary/aromatic N) is 2. The van der Waals surface area contributed by atoms with Crippen molar-refractivity contribution >= 4 is 23.2 Å². The average molecular weight is 448 g/mol. The van der Waals surface area contributed by atoms with E-state index in [1.54, 1.807) is 0 Å². The van der Waals surface area contributed by atoms with Crippen LogP contribution in [0.5, 0.6) is 11.5 Å². The summed E-state index contributed by atoms with van der Waals surface area (Å²) in [5.41, 5.74) is 2.56. The van der Waals surface area contributed by atoms with Crippen LogP contribution < -0.4 is 10.1 Å². The van der Waals surface area contributed by atoms with Gasteiger partial charge in [0.1, 0.15) is 11.5 Å². The van der Waals surface area contributed by atoms with E-state index in [0.29, 0.717) is 25.2 Å². The van der Waals surface area contributed by atoms with Gasteiger partial charge >= 0.3 is 0 Å². The minimum atomic E-state index is -0.340. The Morgan fingerprint density at radius 3 is 2.22 bits per heavy atom. The van der Waals surface area contributed by atoms with Crippen molar-refractivity contribution in [2.75, 3.05) is 39.3 Å². The van der Waals surface area contributed by atoms with E-state index in [0.717, 1.165) is 42.3 Å². The second-order valence-electron chi connectivity index (χ2n) is 8.05. The number of hydrogen-bond donors (Lipinski definition) is 1. The topological polar surface area (TPSA) is 61.9 Å². The maximum atomic E-state index is 13.6. The molecule has 0 bridgehead atoms. The maximum absolute atomic E-state index is 13.6. The molecule has 3 heterocycles. The lowest BCUT2D eigenvalue weighted by atomic mass is 9.86. The molecule has 1 N–H and O–H groups in total. The second kappa shape index (κ2) is 9.14. The Kier molecular flexibility index (Phi) is 5.92. The van der Waals surface area contributed by atoms with Crippen LogP contribution in [0.4, 0.5) is 0 Å². The van der Waals surface area contributed by atoms with Crippen molar-refractivity contribution in [1.29, 1.82) is 0 Å². The molecular formula is C25H25N3O3S. The summed E-state index contributed by atoms with van der Waals surface area (Å²) in [5.74, 6) is 1.26. The second-order valence-corrected chi connectivity index (χ2v) is 8.83. The molecule has 1 saturated heterocycles. The third-order valence-corrected chi connectivity index (χ3v) is 6.79. The fourth-order valence-electron chi connectivity index (χ4n) is 4.37. The number of nitrogens with one attached hydrogen (secondary N) is 1. The zero-order chi connectivity index (χ0) is 21.9. The average Bonchev–Trinajstić information content (AvgIpc) is 3.38. The Labute approximate surface area is 191 Å². The molecule has 0 unspecified atom stereocenters. The highest BCUT2D eigenvalue weighted by Crippen LogP contribution is 2.44. The summed E-state index contributed by atoms with van der Waals surface area (Å²) >= 11 is 1.52. The van der Waals surface area contributed by atoms with E-state index in [1.807, 2.05) is 70.3 Å². The first-order valence-corrected chi connectivity index (χ1v) is 11.8. The first-order chi connectivity index (χ1) is 15.7. The number of amides is 2. The Morgan fingerprint density at radius 1 is 0.938 bits per heavy atom. The van der Waals surface area contributed by atoms with Gasteiger partial charge in [-0.2, -0.15) is 11.3 Å². The molecule has 1 aromatic heterocycles. The molecule has 2 aromatic carbocycles. The van der Waals surface area contributed by atoms with E-state index in [4.69, 9.17) is 4.74 Å². The highest BCUT2D eigenvalue weighted by atomic mass is 32.1. The van der Waals surface area contributed by atoms with Gasteiger partial charge in [-0.15, -0.1) is 0 Å². The number of ether oxygens (including phenoxy) is 1. The maximum Gasteiger partial charge on any atom is 0.252 e. The van der Waals surface area contributed by atoms with Crippen LogP contribution in [0.15, 0.2) is 65.4 Å². The molecule has 5 rings (SSSR count). The van der Waals surface area contributed by atoms with Crippen molar-refractivity contribution in [2.24, 2.45) is 0 Å². The number of fused-ring (bicyclic) bond motifs is 2. The van der Waals surface area contributed by atoms with E-state index in [1.165, 1.54) is 11.3 Å². The quantitative estimate of drug-likeness (QED) is 0.650. The molecule has 0 aliphatic carbocycles. The van der Waals surface area contributed by atoms with Gasteiger partial charge in [-0.05, 0) is 23.6 Å². The van der Waals surface area contributed by atoms with Gasteiger partial charge in [0.05, 0.1) is 5.92 Å². The van der Waals surface area contributed by atoms with Gasteiger partial charge in [0.15, 0.2) is 0 Å². The standard InChI is InChI=1S/C25H25N3O3S/c29-24(18-9-16-32-17-18)26-10-11-27-12-14-28(15-13-27)25(30)23-19-5-1-3-7-21(19)31-22-8-4-2-6-20(22)23/h1-9,16-17,23H,10-15H2,(H,26,29). The number of carbonyl (C=O) groups excluding carboxylic acids is 2. The lowest BCUT2D eigenvalue weighted by molar-refractivity contribution is -0.133. The molecular weight excluding hydrogens is 422 g/mol. The van der Waals surface area contributed by atoms with Crippen LogP contribution in [0, 0.1) is 0 Å². The van der Waals surface area contributed by atoms with E-state index in [2.05, 4.69) is 10.2 Å². The number of hydrogen-bond acceptors (Lipinski definition) is 5. The van der Waals surface area contributed by atoms with Gasteiger partial charge in [0, 0.05) is 61.3 Å². The molecule has 1 fully saturated rings. The summed E-state index contributed by atoms with van der Waals surface area (Å²) < 4.78 is 6.04. The summed E-state index contributed by atoms with van der Waals surface area (Å²) in [6.07, 6.45) is 0. The molecule has 2 aliphatic heterocycles. The summed E-state index contributed by atoms with van der Waals surface area (Å²) in [6, 6.07) is 17.4. The summed E-state index contributed by atoms with van der Waals surface area (Å²) in [6.45, 7) is 4.33. The first-order valence-electron chi connectivity index (χ1n) is 10.9. The largest absolute Gasteiger partial charge is 0.457 e. The zero-order valence-electron chi connectivity index (χ0n) is 17.7. The van der Waals surface area contributed by atoms with Crippen molar-refractivity contribution in [3.8, 4) is 11.5 Å². The Morgan fingerprint density at radius 2 is 1.59 bits per heavy atom. The van der Waals surface area contributed by atoms with Crippen LogP contribution in [0.25, 0.3) is 0 Å². The van der Waals surface area contributed by atoms with Crippen molar-refractivity contribution in [3.63, 3.8) is 0 Å². The normalized spacial score (nSPS) is 16.1. The third kappa shape index (κ3) is 4.13. The molecule has 3 aromatic rings. The number of benzene rings is 2. The number of piperazine rings is 1. The van der Waals surface area contributed by atoms with Crippen LogP contribution in [0.2, 0.25) is 0 Å². The molecule has 2 aliphatic rings. The highest BCUT2D eigenvalue weighted by molar-refractivity contribution is 7.08. The third-order valence-electron chi connectivity index (χ3n) is 6.11. The number of carbonyl (C=O) groups is 2. The molecule has 0 saturated carbocycles. The van der Waals surface area contributed by atoms with Gasteiger partial charge in [-0.3, -0.25) is 14.5 Å². The predicted octanol–water partition coefficient (Wildman–Crippen LogP) is 3.56.